The minimum atomic E-state index is -0.483. The SMILES string of the molecule is CC1c2cc(Cl)cc(Cl)c2CCN1C(=O)[C@@H](C)N.Cl. The number of fused-ring (bicyclic) bond motifs is 1. The van der Waals surface area contributed by atoms with Crippen molar-refractivity contribution in [3.63, 3.8) is 0 Å². The quantitative estimate of drug-likeness (QED) is 0.862. The maximum Gasteiger partial charge on any atom is 0.239 e. The van der Waals surface area contributed by atoms with Gasteiger partial charge in [-0.05, 0) is 43.5 Å². The molecule has 0 saturated carbocycles. The average molecular weight is 324 g/mol. The first-order valence-corrected chi connectivity index (χ1v) is 6.71. The molecule has 0 spiro atoms. The maximum absolute atomic E-state index is 12.0. The van der Waals surface area contributed by atoms with E-state index in [0.717, 1.165) is 17.5 Å². The van der Waals surface area contributed by atoms with Crippen LogP contribution in [0, 0.1) is 0 Å². The van der Waals surface area contributed by atoms with E-state index in [4.69, 9.17) is 28.9 Å². The smallest absolute Gasteiger partial charge is 0.239 e. The fraction of sp³-hybridized carbons (Fsp3) is 0.462. The summed E-state index contributed by atoms with van der Waals surface area (Å²) >= 11 is 12.2. The number of amides is 1. The zero-order valence-electron chi connectivity index (χ0n) is 10.8. The van der Waals surface area contributed by atoms with Gasteiger partial charge in [-0.25, -0.2) is 0 Å². The lowest BCUT2D eigenvalue weighted by atomic mass is 9.93. The molecule has 1 amide bonds. The number of rotatable bonds is 1. The molecule has 1 aromatic rings. The van der Waals surface area contributed by atoms with Crippen LogP contribution in [0.3, 0.4) is 0 Å². The fourth-order valence-electron chi connectivity index (χ4n) is 2.42. The van der Waals surface area contributed by atoms with E-state index in [1.54, 1.807) is 17.9 Å². The summed E-state index contributed by atoms with van der Waals surface area (Å²) in [5, 5.41) is 1.28. The molecule has 0 saturated heterocycles. The molecule has 1 aliphatic heterocycles. The van der Waals surface area contributed by atoms with E-state index in [-0.39, 0.29) is 24.4 Å². The van der Waals surface area contributed by atoms with Gasteiger partial charge >= 0.3 is 0 Å². The molecule has 2 rings (SSSR count). The normalized spacial score (nSPS) is 19.4. The molecule has 106 valence electrons. The third-order valence-electron chi connectivity index (χ3n) is 3.39. The van der Waals surface area contributed by atoms with E-state index in [0.29, 0.717) is 16.6 Å². The molecule has 1 unspecified atom stereocenters. The highest BCUT2D eigenvalue weighted by Gasteiger charge is 2.30. The van der Waals surface area contributed by atoms with Crippen molar-refractivity contribution >= 4 is 41.5 Å². The van der Waals surface area contributed by atoms with Gasteiger partial charge in [0.25, 0.3) is 0 Å². The van der Waals surface area contributed by atoms with Crippen molar-refractivity contribution in [2.24, 2.45) is 5.73 Å². The summed E-state index contributed by atoms with van der Waals surface area (Å²) in [4.78, 5) is 13.8. The van der Waals surface area contributed by atoms with E-state index in [1.807, 2.05) is 13.0 Å². The van der Waals surface area contributed by atoms with Crippen LogP contribution in [0.2, 0.25) is 10.0 Å². The highest BCUT2D eigenvalue weighted by molar-refractivity contribution is 6.35. The zero-order valence-corrected chi connectivity index (χ0v) is 13.1. The van der Waals surface area contributed by atoms with Crippen molar-refractivity contribution in [3.05, 3.63) is 33.3 Å². The van der Waals surface area contributed by atoms with Crippen LogP contribution < -0.4 is 5.73 Å². The van der Waals surface area contributed by atoms with Crippen molar-refractivity contribution in [2.75, 3.05) is 6.54 Å². The molecule has 1 aliphatic rings. The molecule has 1 heterocycles. The first-order chi connectivity index (χ1) is 8.41. The molecule has 0 aliphatic carbocycles. The number of carbonyl (C=O) groups is 1. The van der Waals surface area contributed by atoms with Gasteiger partial charge in [0.1, 0.15) is 0 Å². The lowest BCUT2D eigenvalue weighted by molar-refractivity contribution is -0.134. The van der Waals surface area contributed by atoms with Crippen LogP contribution in [-0.4, -0.2) is 23.4 Å². The number of nitrogens with zero attached hydrogens (tertiary/aromatic N) is 1. The van der Waals surface area contributed by atoms with Crippen LogP contribution in [0.25, 0.3) is 0 Å². The van der Waals surface area contributed by atoms with Gasteiger partial charge in [-0.3, -0.25) is 4.79 Å². The summed E-state index contributed by atoms with van der Waals surface area (Å²) in [6, 6.07) is 3.11. The molecule has 2 N–H and O–H groups in total. The summed E-state index contributed by atoms with van der Waals surface area (Å²) in [5.74, 6) is -0.0377. The first-order valence-electron chi connectivity index (χ1n) is 5.95. The summed E-state index contributed by atoms with van der Waals surface area (Å²) in [5.41, 5.74) is 7.77. The van der Waals surface area contributed by atoms with Gasteiger partial charge in [-0.15, -0.1) is 12.4 Å². The molecule has 3 nitrogen and oxygen atoms in total. The summed E-state index contributed by atoms with van der Waals surface area (Å²) in [6.45, 7) is 4.33. The zero-order chi connectivity index (χ0) is 13.4. The van der Waals surface area contributed by atoms with Gasteiger partial charge in [0.05, 0.1) is 12.1 Å². The Morgan fingerprint density at radius 2 is 2.11 bits per heavy atom. The van der Waals surface area contributed by atoms with Gasteiger partial charge in [0.15, 0.2) is 0 Å². The molecule has 6 heteroatoms. The Bertz CT molecular complexity index is 491. The number of hydrogen-bond acceptors (Lipinski definition) is 2. The molecule has 19 heavy (non-hydrogen) atoms. The molecular weight excluding hydrogens is 307 g/mol. The number of halogens is 3. The van der Waals surface area contributed by atoms with Crippen LogP contribution in [0.4, 0.5) is 0 Å². The number of benzene rings is 1. The third-order valence-corrected chi connectivity index (χ3v) is 3.94. The minimum Gasteiger partial charge on any atom is -0.334 e. The van der Waals surface area contributed by atoms with Crippen molar-refractivity contribution in [1.29, 1.82) is 0 Å². The summed E-state index contributed by atoms with van der Waals surface area (Å²) in [6.07, 6.45) is 0.744. The Balaban J connectivity index is 0.00000180. The maximum atomic E-state index is 12.0. The minimum absolute atomic E-state index is 0. The molecule has 0 bridgehead atoms. The van der Waals surface area contributed by atoms with Crippen molar-refractivity contribution in [3.8, 4) is 0 Å². The van der Waals surface area contributed by atoms with E-state index >= 15 is 0 Å². The predicted molar refractivity (Wildman–Crippen MR) is 81.2 cm³/mol. The number of nitrogens with two attached hydrogens (primary N) is 1. The average Bonchev–Trinajstić information content (AvgIpc) is 2.29. The molecular formula is C13H17Cl3N2O. The second-order valence-electron chi connectivity index (χ2n) is 4.70. The van der Waals surface area contributed by atoms with Gasteiger partial charge in [0, 0.05) is 16.6 Å². The third kappa shape index (κ3) is 3.16. The molecule has 1 aromatic carbocycles. The van der Waals surface area contributed by atoms with E-state index < -0.39 is 6.04 Å². The Kier molecular flexibility index (Phi) is 5.51. The molecule has 0 radical (unpaired) electrons. The number of hydrogen-bond donors (Lipinski definition) is 1. The second kappa shape index (κ2) is 6.31. The van der Waals surface area contributed by atoms with E-state index in [9.17, 15) is 4.79 Å². The van der Waals surface area contributed by atoms with E-state index in [1.165, 1.54) is 0 Å². The largest absolute Gasteiger partial charge is 0.334 e. The lowest BCUT2D eigenvalue weighted by Crippen LogP contribution is -2.46. The summed E-state index contributed by atoms with van der Waals surface area (Å²) < 4.78 is 0. The van der Waals surface area contributed by atoms with Crippen molar-refractivity contribution in [2.45, 2.75) is 32.4 Å². The van der Waals surface area contributed by atoms with Crippen LogP contribution >= 0.6 is 35.6 Å². The Hall–Kier alpha value is -0.480. The van der Waals surface area contributed by atoms with Crippen LogP contribution in [0.5, 0.6) is 0 Å². The molecule has 2 atom stereocenters. The van der Waals surface area contributed by atoms with E-state index in [2.05, 4.69) is 0 Å². The Labute approximate surface area is 129 Å². The lowest BCUT2D eigenvalue weighted by Gasteiger charge is -2.36. The standard InChI is InChI=1S/C13H16Cl2N2O.ClH/c1-7(16)13(18)17-4-3-10-11(8(17)2)5-9(14)6-12(10)15;/h5-8H,3-4,16H2,1-2H3;1H/t7-,8?;/m1./s1. The monoisotopic (exact) mass is 322 g/mol. The van der Waals surface area contributed by atoms with Gasteiger partial charge in [0.2, 0.25) is 5.91 Å². The Morgan fingerprint density at radius 3 is 2.68 bits per heavy atom. The molecule has 0 aromatic heterocycles. The number of carbonyl (C=O) groups excluding carboxylic acids is 1. The summed E-state index contributed by atoms with van der Waals surface area (Å²) in [7, 11) is 0. The fourth-order valence-corrected chi connectivity index (χ4v) is 3.02. The first kappa shape index (κ1) is 16.6. The van der Waals surface area contributed by atoms with Crippen LogP contribution in [0.1, 0.15) is 31.0 Å². The molecule has 0 fully saturated rings. The van der Waals surface area contributed by atoms with Gasteiger partial charge in [-0.2, -0.15) is 0 Å². The predicted octanol–water partition coefficient (Wildman–Crippen LogP) is 3.21. The van der Waals surface area contributed by atoms with Crippen molar-refractivity contribution < 1.29 is 4.79 Å². The van der Waals surface area contributed by atoms with Gasteiger partial charge < -0.3 is 10.6 Å². The van der Waals surface area contributed by atoms with Crippen LogP contribution in [0.15, 0.2) is 12.1 Å². The van der Waals surface area contributed by atoms with Crippen molar-refractivity contribution in [1.82, 2.24) is 4.90 Å². The highest BCUT2D eigenvalue weighted by Crippen LogP contribution is 2.36. The van der Waals surface area contributed by atoms with Gasteiger partial charge in [-0.1, -0.05) is 23.2 Å². The Morgan fingerprint density at radius 1 is 1.47 bits per heavy atom. The topological polar surface area (TPSA) is 46.3 Å². The van der Waals surface area contributed by atoms with Crippen LogP contribution in [-0.2, 0) is 11.2 Å². The highest BCUT2D eigenvalue weighted by atomic mass is 35.5. The second-order valence-corrected chi connectivity index (χ2v) is 5.55.